The Morgan fingerprint density at radius 2 is 0.614 bits per heavy atom. The van der Waals surface area contributed by atoms with Crippen molar-refractivity contribution in [3.05, 3.63) is 42.5 Å². The fraction of sp³-hybridized carbons (Fsp3) is 0.869. The second-order valence-corrected chi connectivity index (χ2v) is 20.1. The lowest BCUT2D eigenvalue weighted by molar-refractivity contribution is -0.0571. The van der Waals surface area contributed by atoms with E-state index in [0.29, 0.717) is 264 Å². The maximum atomic E-state index is 10.4. The maximum absolute atomic E-state index is 10.4. The molecular formula is C61H114O26S. The number of ether oxygens (including phenoxy) is 22. The molecule has 0 amide bonds. The van der Waals surface area contributed by atoms with Crippen molar-refractivity contribution < 1.29 is 121 Å². The van der Waals surface area contributed by atoms with Crippen LogP contribution in [0.25, 0.3) is 0 Å². The van der Waals surface area contributed by atoms with Gasteiger partial charge in [-0.1, -0.05) is 63.7 Å². The van der Waals surface area contributed by atoms with E-state index in [1.165, 1.54) is 50.5 Å². The first-order valence-electron chi connectivity index (χ1n) is 31.6. The van der Waals surface area contributed by atoms with E-state index in [1.807, 2.05) is 12.1 Å². The molecule has 0 heterocycles. The molecule has 88 heavy (non-hydrogen) atoms. The minimum Gasteiger partial charge on any atom is -0.491 e. The molecule has 1 aromatic rings. The third-order valence-corrected chi connectivity index (χ3v) is 12.2. The summed E-state index contributed by atoms with van der Waals surface area (Å²) in [7, 11) is -4.44. The van der Waals surface area contributed by atoms with Gasteiger partial charge in [-0.25, -0.2) is 4.18 Å². The molecule has 0 saturated heterocycles. The van der Waals surface area contributed by atoms with Crippen LogP contribution in [0.4, 0.5) is 0 Å². The topological polar surface area (TPSA) is 267 Å². The third kappa shape index (κ3) is 68.2. The van der Waals surface area contributed by atoms with E-state index in [0.717, 1.165) is 12.2 Å². The van der Waals surface area contributed by atoms with Gasteiger partial charge in [0.05, 0.1) is 277 Å². The van der Waals surface area contributed by atoms with Crippen LogP contribution in [0, 0.1) is 0 Å². The number of unbranched alkanes of at least 4 members (excludes halogenated alkanes) is 6. The van der Waals surface area contributed by atoms with Gasteiger partial charge < -0.3 is 104 Å². The van der Waals surface area contributed by atoms with Crippen LogP contribution in [0.1, 0.15) is 57.4 Å². The maximum Gasteiger partial charge on any atom is 0.397 e. The minimum absolute atomic E-state index is 0.0223. The van der Waals surface area contributed by atoms with Crippen LogP contribution >= 0.6 is 0 Å². The number of hydrogen-bond donors (Lipinski definition) is 1. The van der Waals surface area contributed by atoms with Crippen LogP contribution < -0.4 is 4.74 Å². The molecule has 0 aliphatic rings. The van der Waals surface area contributed by atoms with Crippen molar-refractivity contribution in [2.75, 3.05) is 284 Å². The highest BCUT2D eigenvalue weighted by Crippen LogP contribution is 2.16. The van der Waals surface area contributed by atoms with Crippen LogP contribution in [-0.2, 0) is 120 Å². The van der Waals surface area contributed by atoms with Crippen LogP contribution in [0.2, 0.25) is 0 Å². The fourth-order valence-electron chi connectivity index (χ4n) is 7.19. The second kappa shape index (κ2) is 70.7. The highest BCUT2D eigenvalue weighted by Gasteiger charge is 2.12. The summed E-state index contributed by atoms with van der Waals surface area (Å²) in [4.78, 5) is 0. The predicted octanol–water partition coefficient (Wildman–Crippen LogP) is 5.08. The SMILES string of the molecule is C=CCOCC(COc1ccc(CCCCCCCCC)cc1)OCCOCCOCCOCCOCCOCCOCCOCCOCCOCCOCCOCCOCCOCCOCCOCCOCCOCCOCCOCCOS(=O)(=O)O. The Bertz CT molecular complexity index is 1630. The quantitative estimate of drug-likeness (QED) is 0.0506. The van der Waals surface area contributed by atoms with Crippen LogP contribution in [0.3, 0.4) is 0 Å². The zero-order valence-electron chi connectivity index (χ0n) is 53.3. The Kier molecular flexibility index (Phi) is 67.3. The molecule has 1 unspecified atom stereocenters. The van der Waals surface area contributed by atoms with Gasteiger partial charge in [0.2, 0.25) is 0 Å². The standard InChI is InChI=1S/C61H114O26S/c1-3-5-6-7-8-9-10-11-59-12-14-60(15-13-59)86-58-61(57-84-16-4-2)85-55-53-82-51-49-80-47-45-78-43-41-76-39-37-74-35-33-72-31-29-70-27-25-68-23-21-66-19-17-65-18-20-67-22-24-69-26-28-71-30-32-73-34-36-75-38-40-77-42-44-79-46-48-81-50-52-83-54-56-87-88(62,63)64/h4,12-15,61H,2-3,5-11,16-58H2,1H3,(H,62,63,64). The van der Waals surface area contributed by atoms with Gasteiger partial charge in [-0.2, -0.15) is 8.42 Å². The molecule has 1 N–H and O–H groups in total. The van der Waals surface area contributed by atoms with Gasteiger partial charge >= 0.3 is 10.4 Å². The summed E-state index contributed by atoms with van der Waals surface area (Å²) in [5, 5.41) is 0. The largest absolute Gasteiger partial charge is 0.491 e. The molecule has 1 rings (SSSR count). The van der Waals surface area contributed by atoms with Crippen LogP contribution in [-0.4, -0.2) is 303 Å². The van der Waals surface area contributed by atoms with E-state index in [2.05, 4.69) is 29.8 Å². The lowest BCUT2D eigenvalue weighted by atomic mass is 10.0. The molecule has 1 aromatic carbocycles. The van der Waals surface area contributed by atoms with Crippen LogP contribution in [0.15, 0.2) is 36.9 Å². The summed E-state index contributed by atoms with van der Waals surface area (Å²) in [6.07, 6.45) is 11.8. The summed E-state index contributed by atoms with van der Waals surface area (Å²) < 4.78 is 155. The van der Waals surface area contributed by atoms with E-state index in [1.54, 1.807) is 6.08 Å². The van der Waals surface area contributed by atoms with Crippen molar-refractivity contribution in [3.63, 3.8) is 0 Å². The summed E-state index contributed by atoms with van der Waals surface area (Å²) in [5.74, 6) is 0.826. The zero-order valence-corrected chi connectivity index (χ0v) is 54.1. The molecule has 0 spiro atoms. The van der Waals surface area contributed by atoms with E-state index < -0.39 is 10.4 Å². The van der Waals surface area contributed by atoms with Crippen molar-refractivity contribution in [2.24, 2.45) is 0 Å². The molecule has 0 radical (unpaired) electrons. The van der Waals surface area contributed by atoms with E-state index in [9.17, 15) is 8.42 Å². The lowest BCUT2D eigenvalue weighted by Crippen LogP contribution is -2.29. The molecule has 26 nitrogen and oxygen atoms in total. The van der Waals surface area contributed by atoms with Gasteiger partial charge in [0.15, 0.2) is 0 Å². The molecule has 0 aromatic heterocycles. The highest BCUT2D eigenvalue weighted by molar-refractivity contribution is 7.80. The second-order valence-electron chi connectivity index (χ2n) is 19.0. The first kappa shape index (κ1) is 83.8. The molecule has 520 valence electrons. The van der Waals surface area contributed by atoms with Gasteiger partial charge in [-0.3, -0.25) is 4.55 Å². The van der Waals surface area contributed by atoms with Crippen molar-refractivity contribution in [2.45, 2.75) is 64.4 Å². The lowest BCUT2D eigenvalue weighted by Gasteiger charge is -2.19. The average molecular weight is 1300 g/mol. The normalized spacial score (nSPS) is 12.2. The Morgan fingerprint density at radius 3 is 0.886 bits per heavy atom. The van der Waals surface area contributed by atoms with Gasteiger partial charge in [0.25, 0.3) is 0 Å². The fourth-order valence-corrected chi connectivity index (χ4v) is 7.47. The molecule has 0 bridgehead atoms. The van der Waals surface area contributed by atoms with Gasteiger partial charge in [0.1, 0.15) is 18.5 Å². The van der Waals surface area contributed by atoms with Gasteiger partial charge in [0, 0.05) is 0 Å². The smallest absolute Gasteiger partial charge is 0.397 e. The third-order valence-electron chi connectivity index (χ3n) is 11.7. The molecule has 27 heteroatoms. The summed E-state index contributed by atoms with van der Waals surface area (Å²) in [6.45, 7) is 24.2. The van der Waals surface area contributed by atoms with E-state index in [4.69, 9.17) is 109 Å². The van der Waals surface area contributed by atoms with Crippen molar-refractivity contribution >= 4 is 10.4 Å². The molecule has 0 saturated carbocycles. The van der Waals surface area contributed by atoms with Crippen molar-refractivity contribution in [3.8, 4) is 5.75 Å². The Hall–Kier alpha value is -2.21. The Balaban J connectivity index is 1.70. The monoisotopic (exact) mass is 1290 g/mol. The summed E-state index contributed by atoms with van der Waals surface area (Å²) >= 11 is 0. The van der Waals surface area contributed by atoms with E-state index >= 15 is 0 Å². The minimum atomic E-state index is -4.44. The Labute approximate surface area is 526 Å². The van der Waals surface area contributed by atoms with E-state index in [-0.39, 0.29) is 25.9 Å². The summed E-state index contributed by atoms with van der Waals surface area (Å²) in [6, 6.07) is 8.39. The number of aryl methyl sites for hydroxylation is 1. The summed E-state index contributed by atoms with van der Waals surface area (Å²) in [5.41, 5.74) is 1.35. The number of benzene rings is 1. The first-order chi connectivity index (χ1) is 43.4. The number of rotatable bonds is 77. The first-order valence-corrected chi connectivity index (χ1v) is 32.9. The molecule has 0 fully saturated rings. The Morgan fingerprint density at radius 1 is 0.352 bits per heavy atom. The van der Waals surface area contributed by atoms with Crippen molar-refractivity contribution in [1.82, 2.24) is 0 Å². The van der Waals surface area contributed by atoms with Gasteiger partial charge in [-0.05, 0) is 30.5 Å². The molecule has 0 aliphatic heterocycles. The predicted molar refractivity (Wildman–Crippen MR) is 327 cm³/mol. The molecule has 0 aliphatic carbocycles. The van der Waals surface area contributed by atoms with Crippen molar-refractivity contribution in [1.29, 1.82) is 0 Å². The van der Waals surface area contributed by atoms with Gasteiger partial charge in [-0.15, -0.1) is 6.58 Å². The molecule has 1 atom stereocenters. The highest BCUT2D eigenvalue weighted by atomic mass is 32.3. The molecular weight excluding hydrogens is 1180 g/mol. The van der Waals surface area contributed by atoms with Crippen LogP contribution in [0.5, 0.6) is 5.75 Å². The number of hydrogen-bond acceptors (Lipinski definition) is 25. The average Bonchev–Trinajstić information content (AvgIpc) is 3.59. The zero-order chi connectivity index (χ0) is 63.1.